The zero-order valence-electron chi connectivity index (χ0n) is 11.9. The van der Waals surface area contributed by atoms with Crippen LogP contribution in [0.2, 0.25) is 0 Å². The minimum Gasteiger partial charge on any atom is -0.379 e. The molecule has 2 saturated heterocycles. The molecule has 4 nitrogen and oxygen atoms in total. The highest BCUT2D eigenvalue weighted by molar-refractivity contribution is 4.81. The van der Waals surface area contributed by atoms with E-state index in [1.807, 2.05) is 0 Å². The van der Waals surface area contributed by atoms with Crippen LogP contribution in [-0.2, 0) is 9.47 Å². The summed E-state index contributed by atoms with van der Waals surface area (Å²) >= 11 is 0. The molecule has 0 spiro atoms. The highest BCUT2D eigenvalue weighted by Gasteiger charge is 2.30. The SMILES string of the molecule is CC1(C)CCC(CNCCCN2CCOCC2)O1. The zero-order chi connectivity index (χ0) is 12.8. The van der Waals surface area contributed by atoms with Gasteiger partial charge < -0.3 is 14.8 Å². The maximum Gasteiger partial charge on any atom is 0.0707 e. The summed E-state index contributed by atoms with van der Waals surface area (Å²) in [6.45, 7) is 11.7. The third-order valence-electron chi connectivity index (χ3n) is 3.86. The van der Waals surface area contributed by atoms with E-state index in [0.29, 0.717) is 6.10 Å². The molecule has 0 aromatic rings. The fourth-order valence-electron chi connectivity index (χ4n) is 2.74. The minimum atomic E-state index is 0.0974. The van der Waals surface area contributed by atoms with Crippen molar-refractivity contribution < 1.29 is 9.47 Å². The van der Waals surface area contributed by atoms with Gasteiger partial charge in [-0.2, -0.15) is 0 Å². The van der Waals surface area contributed by atoms with Crippen molar-refractivity contribution in [1.82, 2.24) is 10.2 Å². The summed E-state index contributed by atoms with van der Waals surface area (Å²) in [6, 6.07) is 0. The van der Waals surface area contributed by atoms with E-state index in [2.05, 4.69) is 24.1 Å². The number of hydrogen-bond donors (Lipinski definition) is 1. The molecule has 0 radical (unpaired) electrons. The molecule has 0 aliphatic carbocycles. The Morgan fingerprint density at radius 2 is 2.06 bits per heavy atom. The Labute approximate surface area is 111 Å². The first-order chi connectivity index (χ1) is 8.66. The molecule has 1 atom stereocenters. The van der Waals surface area contributed by atoms with Gasteiger partial charge in [0.2, 0.25) is 0 Å². The average Bonchev–Trinajstić information content (AvgIpc) is 2.70. The second-order valence-electron chi connectivity index (χ2n) is 6.05. The molecule has 1 unspecified atom stereocenters. The fourth-order valence-corrected chi connectivity index (χ4v) is 2.74. The van der Waals surface area contributed by atoms with E-state index in [4.69, 9.17) is 9.47 Å². The van der Waals surface area contributed by atoms with Gasteiger partial charge in [-0.05, 0) is 46.2 Å². The largest absolute Gasteiger partial charge is 0.379 e. The fraction of sp³-hybridized carbons (Fsp3) is 1.00. The second-order valence-corrected chi connectivity index (χ2v) is 6.05. The first kappa shape index (κ1) is 14.3. The van der Waals surface area contributed by atoms with E-state index < -0.39 is 0 Å². The molecule has 2 heterocycles. The van der Waals surface area contributed by atoms with Gasteiger partial charge in [0, 0.05) is 19.6 Å². The van der Waals surface area contributed by atoms with Crippen molar-refractivity contribution >= 4 is 0 Å². The Bertz CT molecular complexity index is 240. The molecule has 106 valence electrons. The predicted octanol–water partition coefficient (Wildman–Crippen LogP) is 1.26. The molecular weight excluding hydrogens is 228 g/mol. The van der Waals surface area contributed by atoms with Crippen LogP contribution in [0.15, 0.2) is 0 Å². The van der Waals surface area contributed by atoms with Gasteiger partial charge in [-0.1, -0.05) is 0 Å². The number of nitrogens with zero attached hydrogens (tertiary/aromatic N) is 1. The van der Waals surface area contributed by atoms with Crippen molar-refractivity contribution in [3.63, 3.8) is 0 Å². The van der Waals surface area contributed by atoms with Gasteiger partial charge in [-0.25, -0.2) is 0 Å². The van der Waals surface area contributed by atoms with Crippen LogP contribution in [0, 0.1) is 0 Å². The highest BCUT2D eigenvalue weighted by Crippen LogP contribution is 2.28. The van der Waals surface area contributed by atoms with Gasteiger partial charge in [0.05, 0.1) is 24.9 Å². The average molecular weight is 256 g/mol. The lowest BCUT2D eigenvalue weighted by Gasteiger charge is -2.26. The molecule has 2 rings (SSSR count). The minimum absolute atomic E-state index is 0.0974. The Balaban J connectivity index is 1.46. The molecule has 0 saturated carbocycles. The Hall–Kier alpha value is -0.160. The lowest BCUT2D eigenvalue weighted by molar-refractivity contribution is -0.0142. The topological polar surface area (TPSA) is 33.7 Å². The van der Waals surface area contributed by atoms with E-state index in [1.54, 1.807) is 0 Å². The van der Waals surface area contributed by atoms with Gasteiger partial charge in [-0.3, -0.25) is 4.90 Å². The summed E-state index contributed by atoms with van der Waals surface area (Å²) in [5, 5.41) is 3.52. The smallest absolute Gasteiger partial charge is 0.0707 e. The Kier molecular flexibility index (Phi) is 5.42. The van der Waals surface area contributed by atoms with Crippen LogP contribution >= 0.6 is 0 Å². The lowest BCUT2D eigenvalue weighted by Crippen LogP contribution is -2.38. The van der Waals surface area contributed by atoms with E-state index in [9.17, 15) is 0 Å². The van der Waals surface area contributed by atoms with Crippen LogP contribution in [0.25, 0.3) is 0 Å². The number of morpholine rings is 1. The normalized spacial score (nSPS) is 28.7. The van der Waals surface area contributed by atoms with Crippen LogP contribution in [0.4, 0.5) is 0 Å². The molecule has 4 heteroatoms. The standard InChI is InChI=1S/C14H28N2O2/c1-14(2)5-4-13(18-14)12-15-6-3-7-16-8-10-17-11-9-16/h13,15H,3-12H2,1-2H3. The summed E-state index contributed by atoms with van der Waals surface area (Å²) in [6.07, 6.45) is 4.02. The maximum atomic E-state index is 5.96. The molecule has 2 aliphatic heterocycles. The summed E-state index contributed by atoms with van der Waals surface area (Å²) in [5.41, 5.74) is 0.0974. The van der Waals surface area contributed by atoms with Crippen molar-refractivity contribution in [3.8, 4) is 0 Å². The van der Waals surface area contributed by atoms with Crippen LogP contribution in [0.1, 0.15) is 33.1 Å². The van der Waals surface area contributed by atoms with Crippen LogP contribution in [-0.4, -0.2) is 62.5 Å². The highest BCUT2D eigenvalue weighted by atomic mass is 16.5. The Morgan fingerprint density at radius 3 is 2.72 bits per heavy atom. The number of rotatable bonds is 6. The molecule has 2 fully saturated rings. The third-order valence-corrected chi connectivity index (χ3v) is 3.86. The molecular formula is C14H28N2O2. The molecule has 0 bridgehead atoms. The van der Waals surface area contributed by atoms with Crippen molar-refractivity contribution in [2.24, 2.45) is 0 Å². The van der Waals surface area contributed by atoms with Crippen LogP contribution in [0.5, 0.6) is 0 Å². The van der Waals surface area contributed by atoms with E-state index in [1.165, 1.54) is 25.8 Å². The van der Waals surface area contributed by atoms with Gasteiger partial charge in [0.1, 0.15) is 0 Å². The van der Waals surface area contributed by atoms with Gasteiger partial charge >= 0.3 is 0 Å². The van der Waals surface area contributed by atoms with Gasteiger partial charge in [-0.15, -0.1) is 0 Å². The monoisotopic (exact) mass is 256 g/mol. The molecule has 2 aliphatic rings. The summed E-state index contributed by atoms with van der Waals surface area (Å²) in [7, 11) is 0. The molecule has 0 aromatic carbocycles. The summed E-state index contributed by atoms with van der Waals surface area (Å²) in [4.78, 5) is 2.49. The van der Waals surface area contributed by atoms with Crippen molar-refractivity contribution in [1.29, 1.82) is 0 Å². The zero-order valence-corrected chi connectivity index (χ0v) is 11.9. The van der Waals surface area contributed by atoms with E-state index in [0.717, 1.165) is 39.4 Å². The quantitative estimate of drug-likeness (QED) is 0.725. The van der Waals surface area contributed by atoms with Crippen LogP contribution < -0.4 is 5.32 Å². The van der Waals surface area contributed by atoms with Crippen molar-refractivity contribution in [2.45, 2.75) is 44.8 Å². The summed E-state index contributed by atoms with van der Waals surface area (Å²) in [5.74, 6) is 0. The number of hydrogen-bond acceptors (Lipinski definition) is 4. The Morgan fingerprint density at radius 1 is 1.28 bits per heavy atom. The predicted molar refractivity (Wildman–Crippen MR) is 72.9 cm³/mol. The second kappa shape index (κ2) is 6.85. The molecule has 0 amide bonds. The van der Waals surface area contributed by atoms with E-state index in [-0.39, 0.29) is 5.60 Å². The molecule has 1 N–H and O–H groups in total. The van der Waals surface area contributed by atoms with Crippen LogP contribution in [0.3, 0.4) is 0 Å². The van der Waals surface area contributed by atoms with Gasteiger partial charge in [0.25, 0.3) is 0 Å². The molecule has 18 heavy (non-hydrogen) atoms. The van der Waals surface area contributed by atoms with Crippen molar-refractivity contribution in [3.05, 3.63) is 0 Å². The first-order valence-corrected chi connectivity index (χ1v) is 7.34. The lowest BCUT2D eigenvalue weighted by atomic mass is 10.1. The van der Waals surface area contributed by atoms with Crippen molar-refractivity contribution in [2.75, 3.05) is 45.9 Å². The maximum absolute atomic E-state index is 5.96. The first-order valence-electron chi connectivity index (χ1n) is 7.34. The summed E-state index contributed by atoms with van der Waals surface area (Å²) < 4.78 is 11.3. The van der Waals surface area contributed by atoms with Gasteiger partial charge in [0.15, 0.2) is 0 Å². The van der Waals surface area contributed by atoms with E-state index >= 15 is 0 Å². The third kappa shape index (κ3) is 4.84. The number of nitrogens with one attached hydrogen (secondary N) is 1. The molecule has 0 aromatic heterocycles. The number of ether oxygens (including phenoxy) is 2.